The van der Waals surface area contributed by atoms with E-state index in [9.17, 15) is 14.4 Å². The maximum Gasteiger partial charge on any atom is 0.356 e. The van der Waals surface area contributed by atoms with Gasteiger partial charge in [-0.2, -0.15) is 0 Å². The minimum Gasteiger partial charge on any atom is -0.476 e. The monoisotopic (exact) mass is 264 g/mol. The summed E-state index contributed by atoms with van der Waals surface area (Å²) in [6.07, 6.45) is 2.96. The summed E-state index contributed by atoms with van der Waals surface area (Å²) in [4.78, 5) is 42.0. The zero-order valence-corrected chi connectivity index (χ0v) is 10.00. The summed E-state index contributed by atoms with van der Waals surface area (Å²) in [7, 11) is 0. The van der Waals surface area contributed by atoms with Crippen molar-refractivity contribution in [3.05, 3.63) is 18.1 Å². The molecule has 8 heteroatoms. The molecule has 1 aromatic rings. The Morgan fingerprint density at radius 3 is 2.47 bits per heavy atom. The fraction of sp³-hybridized carbons (Fsp3) is 0.364. The largest absolute Gasteiger partial charge is 0.476 e. The maximum absolute atomic E-state index is 11.3. The molecular formula is C11H12N4O4. The Balaban J connectivity index is 1.84. The van der Waals surface area contributed by atoms with Crippen molar-refractivity contribution in [1.82, 2.24) is 14.9 Å². The van der Waals surface area contributed by atoms with Crippen molar-refractivity contribution in [2.75, 3.05) is 18.4 Å². The summed E-state index contributed by atoms with van der Waals surface area (Å²) in [5.74, 6) is -1.09. The first kappa shape index (κ1) is 12.9. The Kier molecular flexibility index (Phi) is 3.69. The number of hydrogen-bond acceptors (Lipinski definition) is 6. The molecule has 2 heterocycles. The lowest BCUT2D eigenvalue weighted by molar-refractivity contribution is -0.138. The molecule has 0 bridgehead atoms. The molecule has 8 nitrogen and oxygen atoms in total. The fourth-order valence-corrected chi connectivity index (χ4v) is 1.70. The third kappa shape index (κ3) is 3.03. The third-order valence-electron chi connectivity index (χ3n) is 2.67. The molecule has 1 aromatic heterocycles. The van der Waals surface area contributed by atoms with Crippen molar-refractivity contribution < 1.29 is 19.5 Å². The molecule has 1 saturated heterocycles. The highest BCUT2D eigenvalue weighted by molar-refractivity contribution is 6.01. The van der Waals surface area contributed by atoms with Gasteiger partial charge in [0.2, 0.25) is 11.8 Å². The maximum atomic E-state index is 11.3. The number of carbonyl (C=O) groups excluding carboxylic acids is 2. The minimum atomic E-state index is -1.15. The van der Waals surface area contributed by atoms with E-state index in [0.717, 1.165) is 6.20 Å². The molecule has 19 heavy (non-hydrogen) atoms. The molecule has 0 spiro atoms. The Bertz CT molecular complexity index is 498. The van der Waals surface area contributed by atoms with Crippen LogP contribution in [0.5, 0.6) is 0 Å². The minimum absolute atomic E-state index is 0.143. The highest BCUT2D eigenvalue weighted by Crippen LogP contribution is 2.10. The van der Waals surface area contributed by atoms with Crippen molar-refractivity contribution in [3.8, 4) is 0 Å². The van der Waals surface area contributed by atoms with Gasteiger partial charge in [0.25, 0.3) is 0 Å². The van der Waals surface area contributed by atoms with Gasteiger partial charge in [0.15, 0.2) is 5.69 Å². The predicted octanol–water partition coefficient (Wildman–Crippen LogP) is -0.264. The SMILES string of the molecule is O=C(O)c1cnc(NCCN2C(=O)CCC2=O)cn1. The Hall–Kier alpha value is -2.51. The number of hydrogen-bond donors (Lipinski definition) is 2. The Morgan fingerprint density at radius 2 is 1.95 bits per heavy atom. The molecule has 0 unspecified atom stereocenters. The summed E-state index contributed by atoms with van der Waals surface area (Å²) in [5.41, 5.74) is -0.143. The second-order valence-electron chi connectivity index (χ2n) is 3.96. The normalized spacial score (nSPS) is 14.8. The van der Waals surface area contributed by atoms with Gasteiger partial charge in [0.05, 0.1) is 12.4 Å². The smallest absolute Gasteiger partial charge is 0.356 e. The number of carboxylic acid groups (broad SMARTS) is 1. The molecule has 0 aliphatic carbocycles. The van der Waals surface area contributed by atoms with E-state index in [4.69, 9.17) is 5.11 Å². The van der Waals surface area contributed by atoms with E-state index in [-0.39, 0.29) is 36.9 Å². The van der Waals surface area contributed by atoms with Crippen LogP contribution in [-0.4, -0.2) is 50.8 Å². The van der Waals surface area contributed by atoms with Crippen molar-refractivity contribution in [3.63, 3.8) is 0 Å². The van der Waals surface area contributed by atoms with Crippen LogP contribution < -0.4 is 5.32 Å². The zero-order chi connectivity index (χ0) is 13.8. The third-order valence-corrected chi connectivity index (χ3v) is 2.67. The van der Waals surface area contributed by atoms with E-state index in [2.05, 4.69) is 15.3 Å². The van der Waals surface area contributed by atoms with Crippen LogP contribution >= 0.6 is 0 Å². The molecule has 2 N–H and O–H groups in total. The topological polar surface area (TPSA) is 112 Å². The number of amides is 2. The average Bonchev–Trinajstić information content (AvgIpc) is 2.71. The Labute approximate surface area is 108 Å². The lowest BCUT2D eigenvalue weighted by atomic mass is 10.4. The molecular weight excluding hydrogens is 252 g/mol. The number of rotatable bonds is 5. The van der Waals surface area contributed by atoms with E-state index in [0.29, 0.717) is 12.4 Å². The number of likely N-dealkylation sites (tertiary alicyclic amines) is 1. The van der Waals surface area contributed by atoms with Crippen molar-refractivity contribution in [1.29, 1.82) is 0 Å². The first-order valence-corrected chi connectivity index (χ1v) is 5.70. The molecule has 2 rings (SSSR count). The lowest BCUT2D eigenvalue weighted by Gasteiger charge is -2.14. The summed E-state index contributed by atoms with van der Waals surface area (Å²) in [6, 6.07) is 0. The number of carboxylic acids is 1. The van der Waals surface area contributed by atoms with Crippen LogP contribution in [0.1, 0.15) is 23.3 Å². The number of anilines is 1. The lowest BCUT2D eigenvalue weighted by Crippen LogP contribution is -2.33. The molecule has 0 radical (unpaired) electrons. The number of imide groups is 1. The average molecular weight is 264 g/mol. The van der Waals surface area contributed by atoms with Crippen LogP contribution in [0.2, 0.25) is 0 Å². The highest BCUT2D eigenvalue weighted by Gasteiger charge is 2.27. The van der Waals surface area contributed by atoms with Crippen molar-refractivity contribution >= 4 is 23.6 Å². The number of nitrogens with one attached hydrogen (secondary N) is 1. The summed E-state index contributed by atoms with van der Waals surface area (Å²) in [5, 5.41) is 11.5. The van der Waals surface area contributed by atoms with Gasteiger partial charge in [0.1, 0.15) is 5.82 Å². The van der Waals surface area contributed by atoms with Crippen LogP contribution in [0, 0.1) is 0 Å². The quantitative estimate of drug-likeness (QED) is 0.704. The van der Waals surface area contributed by atoms with Gasteiger partial charge in [-0.1, -0.05) is 0 Å². The molecule has 100 valence electrons. The molecule has 0 aromatic carbocycles. The fourth-order valence-electron chi connectivity index (χ4n) is 1.70. The zero-order valence-electron chi connectivity index (χ0n) is 10.00. The number of aromatic nitrogens is 2. The number of carbonyl (C=O) groups is 3. The van der Waals surface area contributed by atoms with Crippen LogP contribution in [0.3, 0.4) is 0 Å². The number of aromatic carboxylic acids is 1. The molecule has 1 fully saturated rings. The highest BCUT2D eigenvalue weighted by atomic mass is 16.4. The van der Waals surface area contributed by atoms with Crippen molar-refractivity contribution in [2.45, 2.75) is 12.8 Å². The van der Waals surface area contributed by atoms with E-state index in [1.165, 1.54) is 11.1 Å². The van der Waals surface area contributed by atoms with E-state index < -0.39 is 5.97 Å². The van der Waals surface area contributed by atoms with Gasteiger partial charge in [0, 0.05) is 25.9 Å². The molecule has 0 atom stereocenters. The first-order valence-electron chi connectivity index (χ1n) is 5.70. The summed E-state index contributed by atoms with van der Waals surface area (Å²) in [6.45, 7) is 0.610. The number of nitrogens with zero attached hydrogens (tertiary/aromatic N) is 3. The summed E-state index contributed by atoms with van der Waals surface area (Å²) >= 11 is 0. The van der Waals surface area contributed by atoms with Gasteiger partial charge >= 0.3 is 5.97 Å². The molecule has 2 amide bonds. The molecule has 0 saturated carbocycles. The van der Waals surface area contributed by atoms with Crippen LogP contribution in [0.15, 0.2) is 12.4 Å². The van der Waals surface area contributed by atoms with Crippen LogP contribution in [0.25, 0.3) is 0 Å². The standard InChI is InChI=1S/C11H12N4O4/c16-9-1-2-10(17)15(9)4-3-12-8-6-13-7(5-14-8)11(18)19/h5-6H,1-4H2,(H,12,14)(H,18,19). The first-order chi connectivity index (χ1) is 9.08. The van der Waals surface area contributed by atoms with E-state index in [1.807, 2.05) is 0 Å². The molecule has 1 aliphatic rings. The van der Waals surface area contributed by atoms with Gasteiger partial charge in [-0.05, 0) is 0 Å². The van der Waals surface area contributed by atoms with Gasteiger partial charge < -0.3 is 10.4 Å². The second kappa shape index (κ2) is 5.42. The van der Waals surface area contributed by atoms with Crippen molar-refractivity contribution in [2.24, 2.45) is 0 Å². The summed E-state index contributed by atoms with van der Waals surface area (Å²) < 4.78 is 0. The van der Waals surface area contributed by atoms with Gasteiger partial charge in [-0.15, -0.1) is 0 Å². The molecule has 1 aliphatic heterocycles. The second-order valence-corrected chi connectivity index (χ2v) is 3.96. The van der Waals surface area contributed by atoms with E-state index >= 15 is 0 Å². The predicted molar refractivity (Wildman–Crippen MR) is 63.4 cm³/mol. The van der Waals surface area contributed by atoms with Gasteiger partial charge in [-0.25, -0.2) is 14.8 Å². The van der Waals surface area contributed by atoms with Crippen LogP contribution in [0.4, 0.5) is 5.82 Å². The van der Waals surface area contributed by atoms with Gasteiger partial charge in [-0.3, -0.25) is 14.5 Å². The van der Waals surface area contributed by atoms with Crippen LogP contribution in [-0.2, 0) is 9.59 Å². The van der Waals surface area contributed by atoms with E-state index in [1.54, 1.807) is 0 Å². The Morgan fingerprint density at radius 1 is 1.26 bits per heavy atom.